The van der Waals surface area contributed by atoms with Gasteiger partial charge >= 0.3 is 6.18 Å². The molecule has 0 N–H and O–H groups in total. The van der Waals surface area contributed by atoms with Crippen LogP contribution in [0.5, 0.6) is 0 Å². The van der Waals surface area contributed by atoms with Crippen LogP contribution >= 0.6 is 11.3 Å². The Morgan fingerprint density at radius 2 is 2.00 bits per heavy atom. The first-order valence-electron chi connectivity index (χ1n) is 8.95. The molecule has 0 spiro atoms. The van der Waals surface area contributed by atoms with Crippen molar-refractivity contribution >= 4 is 32.6 Å². The summed E-state index contributed by atoms with van der Waals surface area (Å²) in [4.78, 5) is 26.1. The number of Topliss-reactive ketones (excluding diaryl/α,β-unsaturated/α-hetero) is 1. The summed E-state index contributed by atoms with van der Waals surface area (Å²) in [5.41, 5.74) is 0.127. The molecule has 1 atom stereocenters. The molecule has 0 amide bonds. The molecule has 5 nitrogen and oxygen atoms in total. The summed E-state index contributed by atoms with van der Waals surface area (Å²) in [6.07, 6.45) is -1.17. The quantitative estimate of drug-likeness (QED) is 0.633. The molecule has 0 radical (unpaired) electrons. The van der Waals surface area contributed by atoms with Crippen LogP contribution in [-0.2, 0) is 17.4 Å². The summed E-state index contributed by atoms with van der Waals surface area (Å²) in [6.45, 7) is 0.594. The Labute approximate surface area is 163 Å². The van der Waals surface area contributed by atoms with Gasteiger partial charge in [-0.1, -0.05) is 41.7 Å². The lowest BCUT2D eigenvalue weighted by Crippen LogP contribution is -2.36. The first-order valence-corrected chi connectivity index (χ1v) is 9.77. The maximum atomic E-state index is 13.2. The van der Waals surface area contributed by atoms with Crippen LogP contribution in [0.25, 0.3) is 10.3 Å². The molecule has 0 aliphatic carbocycles. The van der Waals surface area contributed by atoms with Crippen LogP contribution in [0.1, 0.15) is 30.5 Å². The first-order chi connectivity index (χ1) is 13.4. The lowest BCUT2D eigenvalue weighted by molar-refractivity contribution is -0.139. The fraction of sp³-hybridized carbons (Fsp3) is 0.368. The SMILES string of the molecule is O=C(CCc1ccccc1)[C@H]1CCCN1c1nc2ncnc(C(F)(F)F)c2s1. The first kappa shape index (κ1) is 18.8. The number of aromatic nitrogens is 3. The molecule has 1 aromatic carbocycles. The Kier molecular flexibility index (Phi) is 5.01. The van der Waals surface area contributed by atoms with Crippen LogP contribution in [0, 0.1) is 0 Å². The summed E-state index contributed by atoms with van der Waals surface area (Å²) < 4.78 is 39.5. The topological polar surface area (TPSA) is 59.0 Å². The number of halogens is 3. The highest BCUT2D eigenvalue weighted by Crippen LogP contribution is 2.39. The molecule has 0 saturated carbocycles. The van der Waals surface area contributed by atoms with E-state index >= 15 is 0 Å². The second-order valence-electron chi connectivity index (χ2n) is 6.67. The molecule has 28 heavy (non-hydrogen) atoms. The molecule has 146 valence electrons. The fourth-order valence-corrected chi connectivity index (χ4v) is 4.58. The minimum Gasteiger partial charge on any atom is -0.338 e. The Morgan fingerprint density at radius 1 is 1.21 bits per heavy atom. The minimum absolute atomic E-state index is 0.0182. The highest BCUT2D eigenvalue weighted by atomic mass is 32.1. The number of rotatable bonds is 5. The average Bonchev–Trinajstić information content (AvgIpc) is 3.32. The third kappa shape index (κ3) is 3.71. The second-order valence-corrected chi connectivity index (χ2v) is 7.65. The third-order valence-corrected chi connectivity index (χ3v) is 5.91. The molecule has 1 saturated heterocycles. The van der Waals surface area contributed by atoms with E-state index in [1.807, 2.05) is 35.2 Å². The summed E-state index contributed by atoms with van der Waals surface area (Å²) in [5, 5.41) is 0.400. The van der Waals surface area contributed by atoms with Gasteiger partial charge in [-0.05, 0) is 24.8 Å². The van der Waals surface area contributed by atoms with Crippen LogP contribution < -0.4 is 4.90 Å². The van der Waals surface area contributed by atoms with Crippen molar-refractivity contribution in [2.45, 2.75) is 37.9 Å². The average molecular weight is 406 g/mol. The van der Waals surface area contributed by atoms with Gasteiger partial charge in [0.15, 0.2) is 22.3 Å². The van der Waals surface area contributed by atoms with Gasteiger partial charge in [0.2, 0.25) is 0 Å². The number of thiazole rings is 1. The van der Waals surface area contributed by atoms with Gasteiger partial charge in [-0.2, -0.15) is 18.2 Å². The van der Waals surface area contributed by atoms with E-state index in [-0.39, 0.29) is 22.2 Å². The van der Waals surface area contributed by atoms with Gasteiger partial charge in [0, 0.05) is 13.0 Å². The van der Waals surface area contributed by atoms with E-state index in [4.69, 9.17) is 0 Å². The number of ketones is 1. The van der Waals surface area contributed by atoms with Gasteiger partial charge in [-0.25, -0.2) is 9.97 Å². The van der Waals surface area contributed by atoms with E-state index in [9.17, 15) is 18.0 Å². The number of fused-ring (bicyclic) bond motifs is 1. The van der Waals surface area contributed by atoms with E-state index < -0.39 is 11.9 Å². The number of hydrogen-bond donors (Lipinski definition) is 0. The molecule has 9 heteroatoms. The molecular weight excluding hydrogens is 389 g/mol. The van der Waals surface area contributed by atoms with Crippen molar-refractivity contribution in [3.8, 4) is 0 Å². The van der Waals surface area contributed by atoms with Crippen LogP contribution in [0.3, 0.4) is 0 Å². The zero-order chi connectivity index (χ0) is 19.7. The molecular formula is C19H17F3N4OS. The predicted octanol–water partition coefficient (Wildman–Crippen LogP) is 4.28. The molecule has 0 bridgehead atoms. The third-order valence-electron chi connectivity index (χ3n) is 4.82. The monoisotopic (exact) mass is 406 g/mol. The van der Waals surface area contributed by atoms with E-state index in [2.05, 4.69) is 15.0 Å². The number of anilines is 1. The minimum atomic E-state index is -4.57. The Hall–Kier alpha value is -2.55. The van der Waals surface area contributed by atoms with Gasteiger partial charge in [-0.3, -0.25) is 4.79 Å². The van der Waals surface area contributed by atoms with E-state index in [0.717, 1.165) is 29.6 Å². The normalized spacial score (nSPS) is 17.4. The highest BCUT2D eigenvalue weighted by Gasteiger charge is 2.37. The molecule has 1 aliphatic rings. The number of hydrogen-bond acceptors (Lipinski definition) is 6. The van der Waals surface area contributed by atoms with Gasteiger partial charge in [0.1, 0.15) is 11.0 Å². The largest absolute Gasteiger partial charge is 0.434 e. The highest BCUT2D eigenvalue weighted by molar-refractivity contribution is 7.22. The summed E-state index contributed by atoms with van der Waals surface area (Å²) >= 11 is 0.901. The lowest BCUT2D eigenvalue weighted by atomic mass is 10.0. The summed E-state index contributed by atoms with van der Waals surface area (Å²) in [7, 11) is 0. The Bertz CT molecular complexity index is 990. The number of carbonyl (C=O) groups excluding carboxylic acids is 1. The molecule has 3 heterocycles. The van der Waals surface area contributed by atoms with Gasteiger partial charge in [0.05, 0.1) is 6.04 Å². The maximum absolute atomic E-state index is 13.2. The smallest absolute Gasteiger partial charge is 0.338 e. The van der Waals surface area contributed by atoms with Gasteiger partial charge in [-0.15, -0.1) is 0 Å². The van der Waals surface area contributed by atoms with Crippen LogP contribution in [0.4, 0.5) is 18.3 Å². The summed E-state index contributed by atoms with van der Waals surface area (Å²) in [5.74, 6) is 0.0859. The van der Waals surface area contributed by atoms with Gasteiger partial charge in [0.25, 0.3) is 0 Å². The van der Waals surface area contributed by atoms with Gasteiger partial charge < -0.3 is 4.90 Å². The van der Waals surface area contributed by atoms with Crippen molar-refractivity contribution in [1.29, 1.82) is 0 Å². The van der Waals surface area contributed by atoms with E-state index in [1.54, 1.807) is 0 Å². The van der Waals surface area contributed by atoms with Crippen LogP contribution in [-0.4, -0.2) is 33.3 Å². The number of alkyl halides is 3. The molecule has 2 aromatic heterocycles. The molecule has 0 unspecified atom stereocenters. The molecule has 1 fully saturated rings. The molecule has 3 aromatic rings. The maximum Gasteiger partial charge on any atom is 0.434 e. The van der Waals surface area contributed by atoms with E-state index in [1.165, 1.54) is 0 Å². The standard InChI is InChI=1S/C19H17F3N4OS/c20-19(21,22)16-15-17(24-11-23-16)25-18(28-15)26-10-4-7-13(26)14(27)9-8-12-5-2-1-3-6-12/h1-3,5-6,11,13H,4,7-10H2/t13-/m1/s1. The van der Waals surface area contributed by atoms with Crippen molar-refractivity contribution in [2.75, 3.05) is 11.4 Å². The number of carbonyl (C=O) groups is 1. The number of aryl methyl sites for hydroxylation is 1. The molecule has 4 rings (SSSR count). The van der Waals surface area contributed by atoms with Crippen molar-refractivity contribution < 1.29 is 18.0 Å². The Morgan fingerprint density at radius 3 is 2.75 bits per heavy atom. The van der Waals surface area contributed by atoms with E-state index in [0.29, 0.717) is 30.9 Å². The summed E-state index contributed by atoms with van der Waals surface area (Å²) in [6, 6.07) is 9.39. The Balaban J connectivity index is 1.55. The van der Waals surface area contributed by atoms with Crippen molar-refractivity contribution in [2.24, 2.45) is 0 Å². The second kappa shape index (κ2) is 7.46. The van der Waals surface area contributed by atoms with Crippen molar-refractivity contribution in [1.82, 2.24) is 15.0 Å². The fourth-order valence-electron chi connectivity index (χ4n) is 3.48. The molecule has 1 aliphatic heterocycles. The lowest BCUT2D eigenvalue weighted by Gasteiger charge is -2.22. The van der Waals surface area contributed by atoms with Crippen molar-refractivity contribution in [3.05, 3.63) is 47.9 Å². The number of benzene rings is 1. The number of nitrogens with zero attached hydrogens (tertiary/aromatic N) is 4. The zero-order valence-corrected chi connectivity index (χ0v) is 15.6. The zero-order valence-electron chi connectivity index (χ0n) is 14.8. The predicted molar refractivity (Wildman–Crippen MR) is 100 cm³/mol. The van der Waals surface area contributed by atoms with Crippen LogP contribution in [0.2, 0.25) is 0 Å². The van der Waals surface area contributed by atoms with Crippen LogP contribution in [0.15, 0.2) is 36.7 Å². The van der Waals surface area contributed by atoms with Crippen molar-refractivity contribution in [3.63, 3.8) is 0 Å².